The predicted octanol–water partition coefficient (Wildman–Crippen LogP) is 3.07. The second-order valence-corrected chi connectivity index (χ2v) is 3.93. The van der Waals surface area contributed by atoms with Crippen molar-refractivity contribution in [3.63, 3.8) is 0 Å². The number of para-hydroxylation sites is 1. The number of phenolic OH excluding ortho intramolecular Hbond substituents is 1. The Bertz CT molecular complexity index is 329. The highest BCUT2D eigenvalue weighted by molar-refractivity contribution is 7.80. The van der Waals surface area contributed by atoms with Gasteiger partial charge in [-0.3, -0.25) is 0 Å². The van der Waals surface area contributed by atoms with Crippen LogP contribution in [0.2, 0.25) is 0 Å². The molecule has 0 atom stereocenters. The van der Waals surface area contributed by atoms with Crippen molar-refractivity contribution < 1.29 is 5.11 Å². The molecule has 0 fully saturated rings. The Labute approximate surface area is 84.4 Å². The summed E-state index contributed by atoms with van der Waals surface area (Å²) in [5.41, 5.74) is 1.67. The Morgan fingerprint density at radius 1 is 1.38 bits per heavy atom. The summed E-state index contributed by atoms with van der Waals surface area (Å²) in [5, 5.41) is 9.73. The zero-order valence-corrected chi connectivity index (χ0v) is 8.98. The minimum absolute atomic E-state index is 0.294. The largest absolute Gasteiger partial charge is 0.507 e. The Hall–Kier alpha value is -0.890. The van der Waals surface area contributed by atoms with E-state index in [1.54, 1.807) is 0 Å². The molecule has 0 saturated carbocycles. The molecule has 0 radical (unpaired) electrons. The van der Waals surface area contributed by atoms with Crippen LogP contribution in [0, 0.1) is 12.8 Å². The van der Waals surface area contributed by atoms with Crippen molar-refractivity contribution in [1.29, 1.82) is 0 Å². The van der Waals surface area contributed by atoms with Crippen LogP contribution in [0.3, 0.4) is 0 Å². The van der Waals surface area contributed by atoms with Crippen molar-refractivity contribution in [1.82, 2.24) is 0 Å². The number of aryl methyl sites for hydroxylation is 1. The fraction of sp³-hybridized carbons (Fsp3) is 0.364. The summed E-state index contributed by atoms with van der Waals surface area (Å²) >= 11 is 5.23. The average molecular weight is 194 g/mol. The molecule has 0 aromatic heterocycles. The first-order valence-electron chi connectivity index (χ1n) is 4.37. The minimum Gasteiger partial charge on any atom is -0.507 e. The first kappa shape index (κ1) is 10.2. The maximum absolute atomic E-state index is 9.73. The van der Waals surface area contributed by atoms with E-state index < -0.39 is 0 Å². The van der Waals surface area contributed by atoms with Crippen LogP contribution in [0.5, 0.6) is 5.75 Å². The van der Waals surface area contributed by atoms with Gasteiger partial charge in [0, 0.05) is 10.4 Å². The summed E-state index contributed by atoms with van der Waals surface area (Å²) in [6, 6.07) is 5.66. The zero-order valence-electron chi connectivity index (χ0n) is 8.16. The van der Waals surface area contributed by atoms with Crippen molar-refractivity contribution >= 4 is 17.1 Å². The highest BCUT2D eigenvalue weighted by Gasteiger charge is 2.11. The summed E-state index contributed by atoms with van der Waals surface area (Å²) in [6.07, 6.45) is 0. The Balaban J connectivity index is 3.15. The molecule has 70 valence electrons. The van der Waals surface area contributed by atoms with E-state index >= 15 is 0 Å². The molecule has 0 aliphatic rings. The maximum atomic E-state index is 9.73. The van der Waals surface area contributed by atoms with Gasteiger partial charge in [0.15, 0.2) is 0 Å². The van der Waals surface area contributed by atoms with E-state index in [9.17, 15) is 5.11 Å². The van der Waals surface area contributed by atoms with E-state index in [4.69, 9.17) is 12.2 Å². The molecule has 0 aliphatic carbocycles. The molecule has 1 rings (SSSR count). The molecule has 0 heterocycles. The first-order chi connectivity index (χ1) is 6.04. The highest BCUT2D eigenvalue weighted by Crippen LogP contribution is 2.24. The van der Waals surface area contributed by atoms with Gasteiger partial charge in [0.05, 0.1) is 0 Å². The lowest BCUT2D eigenvalue weighted by molar-refractivity contribution is 0.469. The lowest BCUT2D eigenvalue weighted by Gasteiger charge is -2.10. The quantitative estimate of drug-likeness (QED) is 0.576. The molecule has 2 heteroatoms. The topological polar surface area (TPSA) is 20.2 Å². The molecule has 1 aromatic carbocycles. The van der Waals surface area contributed by atoms with Crippen molar-refractivity contribution in [2.45, 2.75) is 20.8 Å². The van der Waals surface area contributed by atoms with Gasteiger partial charge in [-0.25, -0.2) is 0 Å². The van der Waals surface area contributed by atoms with Gasteiger partial charge in [0.2, 0.25) is 0 Å². The second-order valence-electron chi connectivity index (χ2n) is 3.49. The lowest BCUT2D eigenvalue weighted by atomic mass is 10.00. The highest BCUT2D eigenvalue weighted by atomic mass is 32.1. The molecular weight excluding hydrogens is 180 g/mol. The van der Waals surface area contributed by atoms with Crippen LogP contribution in [-0.2, 0) is 0 Å². The van der Waals surface area contributed by atoms with Crippen LogP contribution < -0.4 is 0 Å². The molecular formula is C11H14OS. The fourth-order valence-electron chi connectivity index (χ4n) is 1.17. The van der Waals surface area contributed by atoms with Gasteiger partial charge >= 0.3 is 0 Å². The third-order valence-corrected chi connectivity index (χ3v) is 2.72. The molecule has 1 aromatic rings. The van der Waals surface area contributed by atoms with E-state index in [0.717, 1.165) is 16.0 Å². The van der Waals surface area contributed by atoms with Crippen LogP contribution in [0.4, 0.5) is 0 Å². The van der Waals surface area contributed by atoms with E-state index in [1.807, 2.05) is 39.0 Å². The number of thiocarbonyl (C=S) groups is 1. The second kappa shape index (κ2) is 3.88. The third-order valence-electron chi connectivity index (χ3n) is 2.03. The van der Waals surface area contributed by atoms with Crippen LogP contribution in [-0.4, -0.2) is 9.97 Å². The van der Waals surface area contributed by atoms with E-state index in [1.165, 1.54) is 0 Å². The molecule has 1 N–H and O–H groups in total. The van der Waals surface area contributed by atoms with Gasteiger partial charge < -0.3 is 5.11 Å². The fourth-order valence-corrected chi connectivity index (χ4v) is 1.33. The number of hydrogen-bond donors (Lipinski definition) is 1. The molecule has 0 aliphatic heterocycles. The number of rotatable bonds is 2. The minimum atomic E-state index is 0.294. The van der Waals surface area contributed by atoms with Gasteiger partial charge in [-0.05, 0) is 18.4 Å². The van der Waals surface area contributed by atoms with Gasteiger partial charge in [-0.15, -0.1) is 0 Å². The smallest absolute Gasteiger partial charge is 0.126 e. The Kier molecular flexibility index (Phi) is 3.04. The van der Waals surface area contributed by atoms with E-state index in [2.05, 4.69) is 0 Å². The summed E-state index contributed by atoms with van der Waals surface area (Å²) in [5.74, 6) is 0.615. The summed E-state index contributed by atoms with van der Waals surface area (Å²) in [7, 11) is 0. The number of phenols is 1. The molecule has 0 bridgehead atoms. The monoisotopic (exact) mass is 194 g/mol. The van der Waals surface area contributed by atoms with Crippen molar-refractivity contribution in [2.24, 2.45) is 5.92 Å². The van der Waals surface area contributed by atoms with Gasteiger partial charge in [-0.2, -0.15) is 0 Å². The first-order valence-corrected chi connectivity index (χ1v) is 4.77. The van der Waals surface area contributed by atoms with Crippen LogP contribution in [0.1, 0.15) is 25.0 Å². The maximum Gasteiger partial charge on any atom is 0.126 e. The third kappa shape index (κ3) is 2.07. The van der Waals surface area contributed by atoms with Gasteiger partial charge in [0.1, 0.15) is 5.75 Å². The van der Waals surface area contributed by atoms with Crippen LogP contribution in [0.25, 0.3) is 0 Å². The van der Waals surface area contributed by atoms with Gasteiger partial charge in [0.25, 0.3) is 0 Å². The molecule has 1 nitrogen and oxygen atoms in total. The molecule has 13 heavy (non-hydrogen) atoms. The normalized spacial score (nSPS) is 10.5. The Morgan fingerprint density at radius 3 is 2.54 bits per heavy atom. The van der Waals surface area contributed by atoms with Crippen LogP contribution >= 0.6 is 12.2 Å². The SMILES string of the molecule is Cc1cccc(C(=S)C(C)C)c1O. The average Bonchev–Trinajstić information content (AvgIpc) is 2.08. The van der Waals surface area contributed by atoms with Crippen LogP contribution in [0.15, 0.2) is 18.2 Å². The molecule has 0 amide bonds. The van der Waals surface area contributed by atoms with Crippen molar-refractivity contribution in [2.75, 3.05) is 0 Å². The van der Waals surface area contributed by atoms with Crippen molar-refractivity contribution in [3.8, 4) is 5.75 Å². The lowest BCUT2D eigenvalue weighted by Crippen LogP contribution is -2.06. The number of hydrogen-bond acceptors (Lipinski definition) is 2. The zero-order chi connectivity index (χ0) is 10.0. The number of benzene rings is 1. The van der Waals surface area contributed by atoms with Crippen molar-refractivity contribution in [3.05, 3.63) is 29.3 Å². The predicted molar refractivity (Wildman–Crippen MR) is 59.4 cm³/mol. The van der Waals surface area contributed by atoms with Gasteiger partial charge in [-0.1, -0.05) is 44.3 Å². The van der Waals surface area contributed by atoms with E-state index in [-0.39, 0.29) is 0 Å². The summed E-state index contributed by atoms with van der Waals surface area (Å²) in [6.45, 7) is 5.94. The Morgan fingerprint density at radius 2 is 2.00 bits per heavy atom. The van der Waals surface area contributed by atoms with E-state index in [0.29, 0.717) is 11.7 Å². The summed E-state index contributed by atoms with van der Waals surface area (Å²) < 4.78 is 0. The standard InChI is InChI=1S/C11H14OS/c1-7(2)11(13)9-6-4-5-8(3)10(9)12/h4-7,12H,1-3H3. The molecule has 0 unspecified atom stereocenters. The number of aromatic hydroxyl groups is 1. The molecule has 0 spiro atoms. The molecule has 0 saturated heterocycles. The summed E-state index contributed by atoms with van der Waals surface area (Å²) in [4.78, 5) is 0.821.